The number of ether oxygens (including phenoxy) is 1. The zero-order chi connectivity index (χ0) is 17.0. The molecule has 0 bridgehead atoms. The Morgan fingerprint density at radius 3 is 2.48 bits per heavy atom. The predicted octanol–water partition coefficient (Wildman–Crippen LogP) is 4.58. The second kappa shape index (κ2) is 7.62. The highest BCUT2D eigenvalue weighted by Crippen LogP contribution is 2.27. The maximum atomic E-state index is 7.70. The number of likely N-dealkylation sites (tertiary alicyclic amines) is 1. The number of piperidine rings is 1. The molecular weight excluding hydrogens is 286 g/mol. The van der Waals surface area contributed by atoms with Crippen molar-refractivity contribution in [1.82, 2.24) is 4.90 Å². The van der Waals surface area contributed by atoms with Crippen LogP contribution in [-0.2, 0) is 0 Å². The lowest BCUT2D eigenvalue weighted by Gasteiger charge is -2.32. The zero-order valence-electron chi connectivity index (χ0n) is 15.0. The molecule has 1 saturated heterocycles. The molecule has 0 aromatic heterocycles. The van der Waals surface area contributed by atoms with Gasteiger partial charge in [0.05, 0.1) is 11.5 Å². The lowest BCUT2D eigenvalue weighted by Crippen LogP contribution is -2.40. The first-order chi connectivity index (χ1) is 10.9. The van der Waals surface area contributed by atoms with Gasteiger partial charge in [0.15, 0.2) is 0 Å². The number of nitrogens with one attached hydrogen (secondary N) is 1. The summed E-state index contributed by atoms with van der Waals surface area (Å²) < 4.78 is 6.15. The number of aliphatic imine (C=N–C) groups is 1. The van der Waals surface area contributed by atoms with E-state index in [1.807, 2.05) is 13.0 Å². The van der Waals surface area contributed by atoms with E-state index in [1.165, 1.54) is 5.56 Å². The van der Waals surface area contributed by atoms with E-state index in [-0.39, 0.29) is 6.10 Å². The summed E-state index contributed by atoms with van der Waals surface area (Å²) in [6, 6.07) is 6.17. The number of hydrogen-bond donors (Lipinski definition) is 1. The molecule has 0 atom stereocenters. The number of amidine groups is 1. The minimum Gasteiger partial charge on any atom is -0.490 e. The van der Waals surface area contributed by atoms with Crippen LogP contribution in [0, 0.1) is 18.3 Å². The summed E-state index contributed by atoms with van der Waals surface area (Å²) in [6.07, 6.45) is 2.16. The van der Waals surface area contributed by atoms with E-state index in [2.05, 4.69) is 44.7 Å². The maximum absolute atomic E-state index is 7.70. The Kier molecular flexibility index (Phi) is 5.80. The smallest absolute Gasteiger partial charge is 0.121 e. The lowest BCUT2D eigenvalue weighted by atomic mass is 10.1. The highest BCUT2D eigenvalue weighted by Gasteiger charge is 2.20. The van der Waals surface area contributed by atoms with Crippen molar-refractivity contribution in [2.45, 2.75) is 53.6 Å². The van der Waals surface area contributed by atoms with Gasteiger partial charge >= 0.3 is 0 Å². The Morgan fingerprint density at radius 2 is 1.91 bits per heavy atom. The van der Waals surface area contributed by atoms with Crippen LogP contribution < -0.4 is 4.74 Å². The van der Waals surface area contributed by atoms with Crippen LogP contribution in [0.4, 0.5) is 5.69 Å². The van der Waals surface area contributed by atoms with Gasteiger partial charge in [-0.3, -0.25) is 10.4 Å². The fourth-order valence-electron chi connectivity index (χ4n) is 2.60. The van der Waals surface area contributed by atoms with Crippen LogP contribution in [0.2, 0.25) is 0 Å². The van der Waals surface area contributed by atoms with Crippen LogP contribution in [-0.4, -0.2) is 35.6 Å². The van der Waals surface area contributed by atoms with E-state index in [1.54, 1.807) is 0 Å². The maximum Gasteiger partial charge on any atom is 0.121 e. The molecule has 126 valence electrons. The molecule has 0 unspecified atom stereocenters. The molecule has 1 aromatic rings. The van der Waals surface area contributed by atoms with Gasteiger partial charge in [-0.1, -0.05) is 19.9 Å². The molecule has 0 amide bonds. The molecule has 0 aliphatic carbocycles. The second-order valence-corrected chi connectivity index (χ2v) is 6.75. The minimum atomic E-state index is 0.233. The van der Waals surface area contributed by atoms with Crippen LogP contribution in [0.3, 0.4) is 0 Å². The van der Waals surface area contributed by atoms with E-state index in [0.717, 1.165) is 43.1 Å². The number of rotatable bonds is 4. The second-order valence-electron chi connectivity index (χ2n) is 6.75. The standard InChI is InChI=1S/C19H29N3O/c1-13(2)15(4)21-19-12-18(7-6-14(19)3)23-17-8-10-22(11-9-17)16(5)20/h6-7,12-13,17,20H,8-11H2,1-5H3. The molecule has 1 fully saturated rings. The average molecular weight is 315 g/mol. The largest absolute Gasteiger partial charge is 0.490 e. The highest BCUT2D eigenvalue weighted by atomic mass is 16.5. The lowest BCUT2D eigenvalue weighted by molar-refractivity contribution is 0.130. The minimum absolute atomic E-state index is 0.233. The van der Waals surface area contributed by atoms with Crippen molar-refractivity contribution in [2.75, 3.05) is 13.1 Å². The van der Waals surface area contributed by atoms with Crippen molar-refractivity contribution >= 4 is 17.2 Å². The van der Waals surface area contributed by atoms with Crippen LogP contribution in [0.15, 0.2) is 23.2 Å². The topological polar surface area (TPSA) is 48.7 Å². The molecule has 23 heavy (non-hydrogen) atoms. The predicted molar refractivity (Wildman–Crippen MR) is 97.4 cm³/mol. The van der Waals surface area contributed by atoms with Gasteiger partial charge in [-0.15, -0.1) is 0 Å². The molecule has 2 rings (SSSR count). The van der Waals surface area contributed by atoms with E-state index in [0.29, 0.717) is 11.8 Å². The summed E-state index contributed by atoms with van der Waals surface area (Å²) in [5.74, 6) is 2.00. The number of hydrogen-bond acceptors (Lipinski definition) is 3. The average Bonchev–Trinajstić information content (AvgIpc) is 2.51. The van der Waals surface area contributed by atoms with Crippen LogP contribution in [0.1, 0.15) is 46.1 Å². The highest BCUT2D eigenvalue weighted by molar-refractivity contribution is 5.86. The van der Waals surface area contributed by atoms with Crippen molar-refractivity contribution in [3.63, 3.8) is 0 Å². The monoisotopic (exact) mass is 315 g/mol. The van der Waals surface area contributed by atoms with Gasteiger partial charge in [-0.25, -0.2) is 0 Å². The molecule has 1 aliphatic rings. The fraction of sp³-hybridized carbons (Fsp3) is 0.579. The number of nitrogens with zero attached hydrogens (tertiary/aromatic N) is 2. The SMILES string of the molecule is CC(=N)N1CCC(Oc2ccc(C)c(N=C(C)C(C)C)c2)CC1. The summed E-state index contributed by atoms with van der Waals surface area (Å²) in [5, 5.41) is 7.70. The van der Waals surface area contributed by atoms with Gasteiger partial charge < -0.3 is 9.64 Å². The van der Waals surface area contributed by atoms with E-state index in [9.17, 15) is 0 Å². The molecular formula is C19H29N3O. The first kappa shape index (κ1) is 17.5. The summed E-state index contributed by atoms with van der Waals surface area (Å²) >= 11 is 0. The van der Waals surface area contributed by atoms with Crippen LogP contribution in [0.25, 0.3) is 0 Å². The van der Waals surface area contributed by atoms with Crippen molar-refractivity contribution < 1.29 is 4.74 Å². The Balaban J connectivity index is 2.04. The Bertz CT molecular complexity index is 584. The van der Waals surface area contributed by atoms with Crippen molar-refractivity contribution in [3.05, 3.63) is 23.8 Å². The molecule has 1 aliphatic heterocycles. The molecule has 4 nitrogen and oxygen atoms in total. The Labute approximate surface area is 140 Å². The Hall–Kier alpha value is -1.84. The molecule has 4 heteroatoms. The molecule has 1 heterocycles. The molecule has 0 radical (unpaired) electrons. The van der Waals surface area contributed by atoms with Gasteiger partial charge in [-0.2, -0.15) is 0 Å². The third-order valence-electron chi connectivity index (χ3n) is 4.53. The first-order valence-corrected chi connectivity index (χ1v) is 8.49. The van der Waals surface area contributed by atoms with Crippen LogP contribution >= 0.6 is 0 Å². The normalized spacial score (nSPS) is 16.8. The van der Waals surface area contributed by atoms with Gasteiger partial charge in [-0.05, 0) is 38.3 Å². The Morgan fingerprint density at radius 1 is 1.26 bits per heavy atom. The molecule has 0 spiro atoms. The molecule has 1 aromatic carbocycles. The van der Waals surface area contributed by atoms with Gasteiger partial charge in [0.1, 0.15) is 11.9 Å². The third-order valence-corrected chi connectivity index (χ3v) is 4.53. The summed E-state index contributed by atoms with van der Waals surface area (Å²) in [7, 11) is 0. The third kappa shape index (κ3) is 4.81. The molecule has 0 saturated carbocycles. The zero-order valence-corrected chi connectivity index (χ0v) is 15.0. The van der Waals surface area contributed by atoms with Gasteiger partial charge in [0.2, 0.25) is 0 Å². The number of aryl methyl sites for hydroxylation is 1. The van der Waals surface area contributed by atoms with Crippen molar-refractivity contribution in [3.8, 4) is 5.75 Å². The van der Waals surface area contributed by atoms with E-state index in [4.69, 9.17) is 15.1 Å². The summed E-state index contributed by atoms with van der Waals surface area (Å²) in [6.45, 7) is 12.1. The van der Waals surface area contributed by atoms with Crippen LogP contribution in [0.5, 0.6) is 5.75 Å². The van der Waals surface area contributed by atoms with E-state index >= 15 is 0 Å². The quantitative estimate of drug-likeness (QED) is 0.653. The summed E-state index contributed by atoms with van der Waals surface area (Å²) in [5.41, 5.74) is 3.31. The van der Waals surface area contributed by atoms with Crippen molar-refractivity contribution in [1.29, 1.82) is 5.41 Å². The first-order valence-electron chi connectivity index (χ1n) is 8.49. The fourth-order valence-corrected chi connectivity index (χ4v) is 2.60. The van der Waals surface area contributed by atoms with E-state index < -0.39 is 0 Å². The number of benzene rings is 1. The molecule has 1 N–H and O–H groups in total. The summed E-state index contributed by atoms with van der Waals surface area (Å²) in [4.78, 5) is 6.86. The van der Waals surface area contributed by atoms with Gasteiger partial charge in [0, 0.05) is 37.7 Å². The van der Waals surface area contributed by atoms with Gasteiger partial charge in [0.25, 0.3) is 0 Å². The van der Waals surface area contributed by atoms with Crippen molar-refractivity contribution in [2.24, 2.45) is 10.9 Å².